The van der Waals surface area contributed by atoms with E-state index in [0.29, 0.717) is 18.9 Å². The topological polar surface area (TPSA) is 87.7 Å². The summed E-state index contributed by atoms with van der Waals surface area (Å²) in [6.45, 7) is 6.48. The zero-order valence-electron chi connectivity index (χ0n) is 16.0. The fraction of sp³-hybridized carbons (Fsp3) is 0.350. The average Bonchev–Trinajstić information content (AvgIpc) is 2.69. The number of carbonyl (C=O) groups is 1. The van der Waals surface area contributed by atoms with E-state index in [2.05, 4.69) is 14.9 Å². The molecule has 2 N–H and O–H groups in total. The van der Waals surface area contributed by atoms with Crippen molar-refractivity contribution < 1.29 is 17.9 Å². The van der Waals surface area contributed by atoms with Gasteiger partial charge in [-0.3, -0.25) is 4.79 Å². The Balaban J connectivity index is 1.59. The number of nitrogens with one attached hydrogen (secondary N) is 2. The van der Waals surface area contributed by atoms with E-state index in [9.17, 15) is 13.2 Å². The number of nitrogens with zero attached hydrogens (tertiary/aromatic N) is 1. The van der Waals surface area contributed by atoms with Crippen LogP contribution in [0.25, 0.3) is 0 Å². The van der Waals surface area contributed by atoms with E-state index in [4.69, 9.17) is 4.74 Å². The lowest BCUT2D eigenvalue weighted by Crippen LogP contribution is -2.41. The standard InChI is InChI=1S/C20H25N3O4S/c1-15-3-9-19(10-4-15)28(25,26)22-16(2)20(24)21-17-5-7-18(8-6-17)23-11-13-27-14-12-23/h3-10,16,22H,11-14H2,1-2H3,(H,21,24). The van der Waals surface area contributed by atoms with E-state index in [0.717, 1.165) is 24.3 Å². The molecule has 1 amide bonds. The van der Waals surface area contributed by atoms with Crippen LogP contribution in [-0.2, 0) is 19.6 Å². The van der Waals surface area contributed by atoms with Gasteiger partial charge in [-0.1, -0.05) is 17.7 Å². The molecule has 1 aliphatic rings. The highest BCUT2D eigenvalue weighted by Crippen LogP contribution is 2.19. The van der Waals surface area contributed by atoms with Crippen LogP contribution in [0.5, 0.6) is 0 Å². The summed E-state index contributed by atoms with van der Waals surface area (Å²) in [5.41, 5.74) is 2.64. The number of rotatable bonds is 6. The Morgan fingerprint density at radius 3 is 2.25 bits per heavy atom. The molecule has 0 saturated carbocycles. The minimum atomic E-state index is -3.76. The van der Waals surface area contributed by atoms with Gasteiger partial charge in [0.2, 0.25) is 15.9 Å². The van der Waals surface area contributed by atoms with Crippen molar-refractivity contribution in [3.63, 3.8) is 0 Å². The molecule has 2 aromatic rings. The normalized spacial score (nSPS) is 15.9. The van der Waals surface area contributed by atoms with Gasteiger partial charge in [0.25, 0.3) is 0 Å². The maximum absolute atomic E-state index is 12.4. The van der Waals surface area contributed by atoms with Crippen LogP contribution in [0.15, 0.2) is 53.4 Å². The van der Waals surface area contributed by atoms with Crippen molar-refractivity contribution in [1.82, 2.24) is 4.72 Å². The SMILES string of the molecule is Cc1ccc(S(=O)(=O)NC(C)C(=O)Nc2ccc(N3CCOCC3)cc2)cc1. The first-order valence-electron chi connectivity index (χ1n) is 9.18. The first kappa shape index (κ1) is 20.3. The summed E-state index contributed by atoms with van der Waals surface area (Å²) in [7, 11) is -3.76. The molecule has 1 fully saturated rings. The third kappa shape index (κ3) is 5.09. The van der Waals surface area contributed by atoms with Crippen molar-refractivity contribution in [2.24, 2.45) is 0 Å². The highest BCUT2D eigenvalue weighted by molar-refractivity contribution is 7.89. The van der Waals surface area contributed by atoms with Crippen LogP contribution in [0.4, 0.5) is 11.4 Å². The summed E-state index contributed by atoms with van der Waals surface area (Å²) in [6.07, 6.45) is 0. The highest BCUT2D eigenvalue weighted by Gasteiger charge is 2.22. The molecule has 7 nitrogen and oxygen atoms in total. The Kier molecular flexibility index (Phi) is 6.33. The third-order valence-electron chi connectivity index (χ3n) is 4.57. The van der Waals surface area contributed by atoms with E-state index in [1.54, 1.807) is 12.1 Å². The lowest BCUT2D eigenvalue weighted by Gasteiger charge is -2.29. The first-order valence-corrected chi connectivity index (χ1v) is 10.7. The second-order valence-electron chi connectivity index (χ2n) is 6.79. The van der Waals surface area contributed by atoms with Gasteiger partial charge in [-0.15, -0.1) is 0 Å². The minimum absolute atomic E-state index is 0.132. The predicted molar refractivity (Wildman–Crippen MR) is 109 cm³/mol. The zero-order chi connectivity index (χ0) is 20.1. The fourth-order valence-corrected chi connectivity index (χ4v) is 4.10. The Morgan fingerprint density at radius 2 is 1.64 bits per heavy atom. The van der Waals surface area contributed by atoms with Crippen LogP contribution >= 0.6 is 0 Å². The Morgan fingerprint density at radius 1 is 1.04 bits per heavy atom. The van der Waals surface area contributed by atoms with Crippen LogP contribution in [0.2, 0.25) is 0 Å². The van der Waals surface area contributed by atoms with Crippen molar-refractivity contribution in [2.45, 2.75) is 24.8 Å². The van der Waals surface area contributed by atoms with Gasteiger partial charge in [-0.25, -0.2) is 8.42 Å². The molecule has 1 saturated heterocycles. The summed E-state index contributed by atoms with van der Waals surface area (Å²) < 4.78 is 32.6. The number of sulfonamides is 1. The van der Waals surface area contributed by atoms with E-state index < -0.39 is 22.0 Å². The van der Waals surface area contributed by atoms with Gasteiger partial charge in [0.05, 0.1) is 24.2 Å². The third-order valence-corrected chi connectivity index (χ3v) is 6.12. The quantitative estimate of drug-likeness (QED) is 0.772. The van der Waals surface area contributed by atoms with Gasteiger partial charge in [0.15, 0.2) is 0 Å². The number of anilines is 2. The van der Waals surface area contributed by atoms with Gasteiger partial charge >= 0.3 is 0 Å². The van der Waals surface area contributed by atoms with Crippen LogP contribution in [-0.4, -0.2) is 46.7 Å². The maximum atomic E-state index is 12.4. The van der Waals surface area contributed by atoms with Gasteiger partial charge in [0, 0.05) is 24.5 Å². The first-order chi connectivity index (χ1) is 13.3. The van der Waals surface area contributed by atoms with Crippen LogP contribution in [0.3, 0.4) is 0 Å². The summed E-state index contributed by atoms with van der Waals surface area (Å²) in [6, 6.07) is 13.0. The molecule has 1 unspecified atom stereocenters. The molecule has 1 aliphatic heterocycles. The zero-order valence-corrected chi connectivity index (χ0v) is 16.8. The molecule has 0 aliphatic carbocycles. The second-order valence-corrected chi connectivity index (χ2v) is 8.51. The van der Waals surface area contributed by atoms with Crippen molar-refractivity contribution in [3.8, 4) is 0 Å². The van der Waals surface area contributed by atoms with Gasteiger partial charge in [-0.2, -0.15) is 4.72 Å². The summed E-state index contributed by atoms with van der Waals surface area (Å²) in [4.78, 5) is 14.7. The molecular weight excluding hydrogens is 378 g/mol. The number of ether oxygens (including phenoxy) is 1. The van der Waals surface area contributed by atoms with Crippen LogP contribution < -0.4 is 14.9 Å². The number of amides is 1. The van der Waals surface area contributed by atoms with E-state index >= 15 is 0 Å². The van der Waals surface area contributed by atoms with Crippen molar-refractivity contribution in [2.75, 3.05) is 36.5 Å². The molecule has 8 heteroatoms. The minimum Gasteiger partial charge on any atom is -0.378 e. The van der Waals surface area contributed by atoms with Crippen LogP contribution in [0, 0.1) is 6.92 Å². The molecule has 2 aromatic carbocycles. The molecule has 150 valence electrons. The number of hydrogen-bond acceptors (Lipinski definition) is 5. The van der Waals surface area contributed by atoms with Crippen molar-refractivity contribution in [3.05, 3.63) is 54.1 Å². The molecule has 1 heterocycles. The van der Waals surface area contributed by atoms with Gasteiger partial charge in [-0.05, 0) is 50.2 Å². The van der Waals surface area contributed by atoms with Crippen LogP contribution in [0.1, 0.15) is 12.5 Å². The smallest absolute Gasteiger partial charge is 0.242 e. The van der Waals surface area contributed by atoms with Gasteiger partial charge in [0.1, 0.15) is 0 Å². The lowest BCUT2D eigenvalue weighted by atomic mass is 10.2. The van der Waals surface area contributed by atoms with Gasteiger partial charge < -0.3 is 15.0 Å². The Hall–Kier alpha value is -2.42. The number of morpholine rings is 1. The van der Waals surface area contributed by atoms with E-state index in [1.807, 2.05) is 31.2 Å². The predicted octanol–water partition coefficient (Wildman–Crippen LogP) is 2.14. The molecule has 0 bridgehead atoms. The number of carbonyl (C=O) groups excluding carboxylic acids is 1. The largest absolute Gasteiger partial charge is 0.378 e. The van der Waals surface area contributed by atoms with E-state index in [-0.39, 0.29) is 4.90 Å². The number of aryl methyl sites for hydroxylation is 1. The van der Waals surface area contributed by atoms with Crippen molar-refractivity contribution >= 4 is 27.3 Å². The average molecular weight is 404 g/mol. The molecule has 28 heavy (non-hydrogen) atoms. The van der Waals surface area contributed by atoms with Crippen molar-refractivity contribution in [1.29, 1.82) is 0 Å². The monoisotopic (exact) mass is 403 g/mol. The number of hydrogen-bond donors (Lipinski definition) is 2. The molecule has 3 rings (SSSR count). The summed E-state index contributed by atoms with van der Waals surface area (Å²) in [5, 5.41) is 2.75. The highest BCUT2D eigenvalue weighted by atomic mass is 32.2. The fourth-order valence-electron chi connectivity index (χ4n) is 2.90. The Bertz CT molecular complexity index is 905. The molecule has 0 radical (unpaired) electrons. The summed E-state index contributed by atoms with van der Waals surface area (Å²) >= 11 is 0. The molecule has 0 aromatic heterocycles. The molecule has 1 atom stereocenters. The number of benzene rings is 2. The summed E-state index contributed by atoms with van der Waals surface area (Å²) in [5.74, 6) is -0.421. The lowest BCUT2D eigenvalue weighted by molar-refractivity contribution is -0.117. The van der Waals surface area contributed by atoms with E-state index in [1.165, 1.54) is 19.1 Å². The molecule has 0 spiro atoms. The second kappa shape index (κ2) is 8.72. The Labute approximate surface area is 165 Å². The maximum Gasteiger partial charge on any atom is 0.242 e. The molecular formula is C20H25N3O4S.